The number of hydrogen-bond donors (Lipinski definition) is 3. The first-order chi connectivity index (χ1) is 16.7. The standard InChI is InChI=1S/C25H24Cl2N6O2/c1-32(2)23(28)15-4-7-18(21(12-15)33-10-3-11-33)24(34)30-20-8-5-16(26)13-19(20)25(35)31-22-9-6-17(27)14-29-22/h4-9,12-14,28H,3,10-11H2,1-2H3,(H,30,34)(H,29,31,35). The van der Waals surface area contributed by atoms with Gasteiger partial charge in [-0.05, 0) is 48.9 Å². The first-order valence-corrected chi connectivity index (χ1v) is 11.7. The van der Waals surface area contributed by atoms with Gasteiger partial charge in [0.25, 0.3) is 11.8 Å². The quantitative estimate of drug-likeness (QED) is 0.320. The van der Waals surface area contributed by atoms with Crippen LogP contribution in [-0.4, -0.2) is 54.7 Å². The van der Waals surface area contributed by atoms with Gasteiger partial charge in [0.2, 0.25) is 0 Å². The van der Waals surface area contributed by atoms with Crippen LogP contribution in [0.1, 0.15) is 32.7 Å². The molecule has 0 atom stereocenters. The van der Waals surface area contributed by atoms with Gasteiger partial charge in [-0.1, -0.05) is 29.3 Å². The molecule has 3 N–H and O–H groups in total. The Morgan fingerprint density at radius 2 is 1.66 bits per heavy atom. The lowest BCUT2D eigenvalue weighted by atomic mass is 10.0. The Hall–Kier alpha value is -3.62. The molecule has 2 aromatic carbocycles. The van der Waals surface area contributed by atoms with Crippen LogP contribution in [0.4, 0.5) is 17.2 Å². The second-order valence-corrected chi connectivity index (χ2v) is 9.15. The Kier molecular flexibility index (Phi) is 7.23. The van der Waals surface area contributed by atoms with E-state index in [-0.39, 0.29) is 11.5 Å². The number of carbonyl (C=O) groups excluding carboxylic acids is 2. The number of carbonyl (C=O) groups is 2. The van der Waals surface area contributed by atoms with Gasteiger partial charge in [0.05, 0.1) is 27.5 Å². The maximum Gasteiger partial charge on any atom is 0.258 e. The molecular formula is C25H24Cl2N6O2. The van der Waals surface area contributed by atoms with E-state index < -0.39 is 5.91 Å². The number of halogens is 2. The largest absolute Gasteiger partial charge is 0.371 e. The monoisotopic (exact) mass is 510 g/mol. The Morgan fingerprint density at radius 3 is 2.29 bits per heavy atom. The minimum Gasteiger partial charge on any atom is -0.371 e. The zero-order valence-corrected chi connectivity index (χ0v) is 20.7. The molecule has 1 aliphatic heterocycles. The molecule has 1 saturated heterocycles. The zero-order chi connectivity index (χ0) is 25.1. The SMILES string of the molecule is CN(C)C(=N)c1ccc(C(=O)Nc2ccc(Cl)cc2C(=O)Nc2ccc(Cl)cn2)c(N2CCC2)c1. The third-order valence-electron chi connectivity index (χ3n) is 5.60. The molecule has 0 spiro atoms. The Morgan fingerprint density at radius 1 is 0.943 bits per heavy atom. The van der Waals surface area contributed by atoms with Crippen LogP contribution >= 0.6 is 23.2 Å². The first kappa shape index (κ1) is 24.5. The van der Waals surface area contributed by atoms with Gasteiger partial charge in [-0.3, -0.25) is 15.0 Å². The number of amidine groups is 1. The molecule has 1 aromatic heterocycles. The van der Waals surface area contributed by atoms with Crippen molar-refractivity contribution in [1.82, 2.24) is 9.88 Å². The van der Waals surface area contributed by atoms with E-state index in [2.05, 4.69) is 20.5 Å². The summed E-state index contributed by atoms with van der Waals surface area (Å²) in [5.41, 5.74) is 2.43. The minimum atomic E-state index is -0.477. The summed E-state index contributed by atoms with van der Waals surface area (Å²) in [5, 5.41) is 14.6. The average molecular weight is 511 g/mol. The summed E-state index contributed by atoms with van der Waals surface area (Å²) in [6.45, 7) is 1.67. The molecule has 0 unspecified atom stereocenters. The van der Waals surface area contributed by atoms with E-state index in [1.54, 1.807) is 55.4 Å². The summed E-state index contributed by atoms with van der Waals surface area (Å²) in [7, 11) is 3.61. The van der Waals surface area contributed by atoms with Gasteiger partial charge in [0, 0.05) is 44.0 Å². The van der Waals surface area contributed by atoms with Crippen LogP contribution in [0.25, 0.3) is 0 Å². The second kappa shape index (κ2) is 10.3. The maximum atomic E-state index is 13.4. The van der Waals surface area contributed by atoms with E-state index in [4.69, 9.17) is 28.6 Å². The molecule has 0 saturated carbocycles. The van der Waals surface area contributed by atoms with Crippen molar-refractivity contribution >= 4 is 58.0 Å². The number of amides is 2. The van der Waals surface area contributed by atoms with Crippen LogP contribution in [0.5, 0.6) is 0 Å². The van der Waals surface area contributed by atoms with Crippen LogP contribution in [-0.2, 0) is 0 Å². The molecule has 2 heterocycles. The first-order valence-electron chi connectivity index (χ1n) is 10.9. The van der Waals surface area contributed by atoms with E-state index >= 15 is 0 Å². The van der Waals surface area contributed by atoms with Gasteiger partial charge in [-0.25, -0.2) is 4.98 Å². The number of pyridine rings is 1. The highest BCUT2D eigenvalue weighted by molar-refractivity contribution is 6.31. The van der Waals surface area contributed by atoms with Crippen molar-refractivity contribution < 1.29 is 9.59 Å². The second-order valence-electron chi connectivity index (χ2n) is 8.28. The fourth-order valence-electron chi connectivity index (χ4n) is 3.58. The Labute approximate surface area is 213 Å². The molecule has 3 aromatic rings. The Balaban J connectivity index is 1.62. The third kappa shape index (κ3) is 5.55. The van der Waals surface area contributed by atoms with Crippen LogP contribution in [0.15, 0.2) is 54.7 Å². The van der Waals surface area contributed by atoms with Gasteiger partial charge in [-0.15, -0.1) is 0 Å². The van der Waals surface area contributed by atoms with Crippen LogP contribution < -0.4 is 15.5 Å². The predicted molar refractivity (Wildman–Crippen MR) is 140 cm³/mol. The number of hydrogen-bond acceptors (Lipinski definition) is 5. The number of rotatable bonds is 6. The number of nitrogens with zero attached hydrogens (tertiary/aromatic N) is 3. The van der Waals surface area contributed by atoms with E-state index in [0.717, 1.165) is 30.8 Å². The minimum absolute atomic E-state index is 0.194. The summed E-state index contributed by atoms with van der Waals surface area (Å²) in [6.07, 6.45) is 2.46. The van der Waals surface area contributed by atoms with Crippen LogP contribution in [0, 0.1) is 5.41 Å². The molecule has 1 fully saturated rings. The fraction of sp³-hybridized carbons (Fsp3) is 0.200. The molecule has 8 nitrogen and oxygen atoms in total. The average Bonchev–Trinajstić information content (AvgIpc) is 2.79. The summed E-state index contributed by atoms with van der Waals surface area (Å²) < 4.78 is 0. The van der Waals surface area contributed by atoms with Crippen molar-refractivity contribution in [3.63, 3.8) is 0 Å². The van der Waals surface area contributed by atoms with Gasteiger partial charge in [0.1, 0.15) is 11.7 Å². The highest BCUT2D eigenvalue weighted by atomic mass is 35.5. The van der Waals surface area contributed by atoms with Gasteiger partial charge < -0.3 is 20.4 Å². The lowest BCUT2D eigenvalue weighted by molar-refractivity contribution is 0.102. The smallest absolute Gasteiger partial charge is 0.258 e. The van der Waals surface area contributed by atoms with Crippen molar-refractivity contribution in [2.24, 2.45) is 0 Å². The summed E-state index contributed by atoms with van der Waals surface area (Å²) in [4.78, 5) is 34.2. The molecule has 2 amide bonds. The van der Waals surface area contributed by atoms with Crippen molar-refractivity contribution in [2.45, 2.75) is 6.42 Å². The van der Waals surface area contributed by atoms with E-state index in [1.165, 1.54) is 12.3 Å². The van der Waals surface area contributed by atoms with Crippen molar-refractivity contribution in [1.29, 1.82) is 5.41 Å². The topological polar surface area (TPSA) is 101 Å². The molecule has 35 heavy (non-hydrogen) atoms. The summed E-state index contributed by atoms with van der Waals surface area (Å²) in [6, 6.07) is 13.2. The normalized spacial score (nSPS) is 12.5. The maximum absolute atomic E-state index is 13.4. The molecule has 4 rings (SSSR count). The van der Waals surface area contributed by atoms with Crippen molar-refractivity contribution in [3.05, 3.63) is 81.5 Å². The molecule has 1 aliphatic rings. The number of anilines is 3. The van der Waals surface area contributed by atoms with Crippen LogP contribution in [0.2, 0.25) is 10.0 Å². The molecule has 0 radical (unpaired) electrons. The van der Waals surface area contributed by atoms with Gasteiger partial charge >= 0.3 is 0 Å². The summed E-state index contributed by atoms with van der Waals surface area (Å²) in [5.74, 6) is -0.173. The van der Waals surface area contributed by atoms with Gasteiger partial charge in [-0.2, -0.15) is 0 Å². The highest BCUT2D eigenvalue weighted by Gasteiger charge is 2.24. The molecule has 0 bridgehead atoms. The van der Waals surface area contributed by atoms with Gasteiger partial charge in [0.15, 0.2) is 0 Å². The Bertz CT molecular complexity index is 1290. The number of aromatic nitrogens is 1. The number of benzene rings is 2. The van der Waals surface area contributed by atoms with Crippen LogP contribution in [0.3, 0.4) is 0 Å². The van der Waals surface area contributed by atoms with E-state index in [1.807, 2.05) is 6.07 Å². The predicted octanol–water partition coefficient (Wildman–Crippen LogP) is 4.99. The molecule has 180 valence electrons. The lowest BCUT2D eigenvalue weighted by Crippen LogP contribution is -2.38. The highest BCUT2D eigenvalue weighted by Crippen LogP contribution is 2.29. The molecular weight excluding hydrogens is 487 g/mol. The van der Waals surface area contributed by atoms with E-state index in [9.17, 15) is 9.59 Å². The lowest BCUT2D eigenvalue weighted by Gasteiger charge is -2.35. The number of nitrogens with one attached hydrogen (secondary N) is 3. The molecule has 10 heteroatoms. The third-order valence-corrected chi connectivity index (χ3v) is 6.06. The molecule has 0 aliphatic carbocycles. The van der Waals surface area contributed by atoms with Crippen molar-refractivity contribution in [3.8, 4) is 0 Å². The van der Waals surface area contributed by atoms with Crippen molar-refractivity contribution in [2.75, 3.05) is 42.7 Å². The zero-order valence-electron chi connectivity index (χ0n) is 19.2. The summed E-state index contributed by atoms with van der Waals surface area (Å²) >= 11 is 12.0. The van der Waals surface area contributed by atoms with E-state index in [0.29, 0.717) is 32.9 Å². The fourth-order valence-corrected chi connectivity index (χ4v) is 3.87.